The Bertz CT molecular complexity index is 517. The van der Waals surface area contributed by atoms with E-state index >= 15 is 0 Å². The number of anilines is 1. The molecule has 0 saturated heterocycles. The monoisotopic (exact) mass is 261 g/mol. The largest absolute Gasteiger partial charge is 0.489 e. The maximum absolute atomic E-state index is 5.87. The lowest BCUT2D eigenvalue weighted by atomic mass is 10.3. The molecule has 0 fully saturated rings. The van der Waals surface area contributed by atoms with Crippen LogP contribution < -0.4 is 10.5 Å². The van der Waals surface area contributed by atoms with Crippen molar-refractivity contribution in [2.75, 3.05) is 5.73 Å². The van der Waals surface area contributed by atoms with Crippen LogP contribution in [0.5, 0.6) is 5.75 Å². The second kappa shape index (κ2) is 5.73. The van der Waals surface area contributed by atoms with Crippen molar-refractivity contribution in [3.63, 3.8) is 0 Å². The summed E-state index contributed by atoms with van der Waals surface area (Å²) in [5, 5.41) is 0.845. The van der Waals surface area contributed by atoms with E-state index in [1.807, 2.05) is 32.0 Å². The Morgan fingerprint density at radius 1 is 1.28 bits per heavy atom. The summed E-state index contributed by atoms with van der Waals surface area (Å²) in [7, 11) is 0. The van der Waals surface area contributed by atoms with Crippen LogP contribution in [-0.2, 0) is 0 Å². The third kappa shape index (κ3) is 3.37. The maximum Gasteiger partial charge on any atom is 0.143 e. The van der Waals surface area contributed by atoms with E-state index in [1.54, 1.807) is 18.6 Å². The Kier molecular flexibility index (Phi) is 4.04. The fraction of sp³-hybridized carbons (Fsp3) is 0.231. The normalized spacial score (nSPS) is 10.6. The van der Waals surface area contributed by atoms with Crippen molar-refractivity contribution in [3.8, 4) is 5.75 Å². The minimum atomic E-state index is 0.101. The van der Waals surface area contributed by atoms with Crippen LogP contribution in [0.25, 0.3) is 0 Å². The molecule has 0 bridgehead atoms. The smallest absolute Gasteiger partial charge is 0.143 e. The van der Waals surface area contributed by atoms with E-state index in [4.69, 9.17) is 10.5 Å². The molecule has 94 valence electrons. The molecule has 0 saturated carbocycles. The maximum atomic E-state index is 5.87. The second-order valence-electron chi connectivity index (χ2n) is 4.01. The van der Waals surface area contributed by atoms with Crippen LogP contribution in [0.15, 0.2) is 46.7 Å². The van der Waals surface area contributed by atoms with Crippen LogP contribution >= 0.6 is 11.8 Å². The molecule has 2 rings (SSSR count). The Hall–Kier alpha value is -1.75. The van der Waals surface area contributed by atoms with E-state index in [1.165, 1.54) is 11.8 Å². The number of nitrogens with zero attached hydrogens (tertiary/aromatic N) is 2. The number of hydrogen-bond acceptors (Lipinski definition) is 5. The van der Waals surface area contributed by atoms with Gasteiger partial charge in [0.25, 0.3) is 0 Å². The molecule has 1 aromatic carbocycles. The van der Waals surface area contributed by atoms with Gasteiger partial charge in [0, 0.05) is 17.3 Å². The molecule has 0 aliphatic rings. The van der Waals surface area contributed by atoms with Gasteiger partial charge in [0.15, 0.2) is 0 Å². The average Bonchev–Trinajstić information content (AvgIpc) is 2.34. The second-order valence-corrected chi connectivity index (χ2v) is 5.11. The molecule has 1 aromatic heterocycles. The molecule has 18 heavy (non-hydrogen) atoms. The van der Waals surface area contributed by atoms with Crippen LogP contribution in [-0.4, -0.2) is 16.1 Å². The van der Waals surface area contributed by atoms with Crippen molar-refractivity contribution in [2.45, 2.75) is 29.9 Å². The molecule has 2 N–H and O–H groups in total. The minimum absolute atomic E-state index is 0.101. The fourth-order valence-electron chi connectivity index (χ4n) is 1.39. The van der Waals surface area contributed by atoms with E-state index in [0.29, 0.717) is 11.4 Å². The number of rotatable bonds is 4. The minimum Gasteiger partial charge on any atom is -0.489 e. The van der Waals surface area contributed by atoms with Gasteiger partial charge in [-0.2, -0.15) is 0 Å². The highest BCUT2D eigenvalue weighted by atomic mass is 32.2. The van der Waals surface area contributed by atoms with Crippen molar-refractivity contribution in [1.29, 1.82) is 0 Å². The SMILES string of the molecule is CC(C)Oc1cc(Sc2cnccn2)ccc1N. The van der Waals surface area contributed by atoms with Gasteiger partial charge >= 0.3 is 0 Å². The number of ether oxygens (including phenoxy) is 1. The Labute approximate surface area is 111 Å². The van der Waals surface area contributed by atoms with Crippen molar-refractivity contribution >= 4 is 17.4 Å². The molecule has 0 amide bonds. The molecule has 0 atom stereocenters. The first kappa shape index (κ1) is 12.7. The Balaban J connectivity index is 2.19. The van der Waals surface area contributed by atoms with Crippen LogP contribution in [0.1, 0.15) is 13.8 Å². The van der Waals surface area contributed by atoms with Gasteiger partial charge in [-0.1, -0.05) is 11.8 Å². The number of benzene rings is 1. The first-order valence-electron chi connectivity index (χ1n) is 5.65. The molecule has 0 spiro atoms. The van der Waals surface area contributed by atoms with E-state index in [9.17, 15) is 0 Å². The van der Waals surface area contributed by atoms with Gasteiger partial charge in [0.05, 0.1) is 18.0 Å². The first-order valence-corrected chi connectivity index (χ1v) is 6.47. The lowest BCUT2D eigenvalue weighted by Gasteiger charge is -2.13. The van der Waals surface area contributed by atoms with E-state index in [0.717, 1.165) is 9.92 Å². The number of hydrogen-bond donors (Lipinski definition) is 1. The summed E-state index contributed by atoms with van der Waals surface area (Å²) < 4.78 is 5.65. The third-order valence-corrected chi connectivity index (χ3v) is 3.02. The summed E-state index contributed by atoms with van der Waals surface area (Å²) in [5.41, 5.74) is 6.51. The van der Waals surface area contributed by atoms with Crippen molar-refractivity contribution in [3.05, 3.63) is 36.8 Å². The van der Waals surface area contributed by atoms with E-state index in [-0.39, 0.29) is 6.10 Å². The highest BCUT2D eigenvalue weighted by Crippen LogP contribution is 2.32. The lowest BCUT2D eigenvalue weighted by Crippen LogP contribution is -2.07. The highest BCUT2D eigenvalue weighted by molar-refractivity contribution is 7.99. The van der Waals surface area contributed by atoms with Gasteiger partial charge in [-0.3, -0.25) is 4.98 Å². The molecule has 0 aliphatic carbocycles. The Morgan fingerprint density at radius 2 is 2.11 bits per heavy atom. The molecule has 0 radical (unpaired) electrons. The summed E-state index contributed by atoms with van der Waals surface area (Å²) in [6, 6.07) is 5.72. The van der Waals surface area contributed by atoms with Gasteiger partial charge in [0.1, 0.15) is 10.8 Å². The third-order valence-electron chi connectivity index (χ3n) is 2.11. The zero-order valence-electron chi connectivity index (χ0n) is 10.3. The van der Waals surface area contributed by atoms with Crippen molar-refractivity contribution in [1.82, 2.24) is 9.97 Å². The summed E-state index contributed by atoms with van der Waals surface area (Å²) in [5.74, 6) is 0.707. The van der Waals surface area contributed by atoms with E-state index < -0.39 is 0 Å². The van der Waals surface area contributed by atoms with Gasteiger partial charge < -0.3 is 10.5 Å². The molecule has 0 unspecified atom stereocenters. The summed E-state index contributed by atoms with van der Waals surface area (Å²) in [6.07, 6.45) is 5.15. The average molecular weight is 261 g/mol. The quantitative estimate of drug-likeness (QED) is 0.857. The van der Waals surface area contributed by atoms with Gasteiger partial charge in [-0.15, -0.1) is 0 Å². The molecule has 1 heterocycles. The van der Waals surface area contributed by atoms with Gasteiger partial charge in [0.2, 0.25) is 0 Å². The molecule has 5 heteroatoms. The Morgan fingerprint density at radius 3 is 2.78 bits per heavy atom. The van der Waals surface area contributed by atoms with Gasteiger partial charge in [-0.05, 0) is 32.0 Å². The topological polar surface area (TPSA) is 61.0 Å². The molecule has 0 aliphatic heterocycles. The summed E-state index contributed by atoms with van der Waals surface area (Å²) >= 11 is 1.53. The van der Waals surface area contributed by atoms with Crippen LogP contribution in [0, 0.1) is 0 Å². The first-order chi connectivity index (χ1) is 8.65. The summed E-state index contributed by atoms with van der Waals surface area (Å²) in [6.45, 7) is 3.95. The number of aromatic nitrogens is 2. The van der Waals surface area contributed by atoms with Gasteiger partial charge in [-0.25, -0.2) is 4.98 Å². The number of nitrogens with two attached hydrogens (primary N) is 1. The molecule has 4 nitrogen and oxygen atoms in total. The van der Waals surface area contributed by atoms with Crippen LogP contribution in [0.2, 0.25) is 0 Å². The molecular weight excluding hydrogens is 246 g/mol. The van der Waals surface area contributed by atoms with Crippen LogP contribution in [0.3, 0.4) is 0 Å². The highest BCUT2D eigenvalue weighted by Gasteiger charge is 2.06. The zero-order valence-corrected chi connectivity index (χ0v) is 11.1. The van der Waals surface area contributed by atoms with E-state index in [2.05, 4.69) is 9.97 Å². The zero-order chi connectivity index (χ0) is 13.0. The standard InChI is InChI=1S/C13H15N3OS/c1-9(2)17-12-7-10(3-4-11(12)14)18-13-8-15-5-6-16-13/h3-9H,14H2,1-2H3. The predicted molar refractivity (Wildman–Crippen MR) is 72.8 cm³/mol. The molecular formula is C13H15N3OS. The predicted octanol–water partition coefficient (Wildman–Crippen LogP) is 3.00. The summed E-state index contributed by atoms with van der Waals surface area (Å²) in [4.78, 5) is 9.27. The fourth-order valence-corrected chi connectivity index (χ4v) is 2.16. The van der Waals surface area contributed by atoms with Crippen molar-refractivity contribution < 1.29 is 4.74 Å². The lowest BCUT2D eigenvalue weighted by molar-refractivity contribution is 0.243. The van der Waals surface area contributed by atoms with Crippen molar-refractivity contribution in [2.24, 2.45) is 0 Å². The number of nitrogen functional groups attached to an aromatic ring is 1. The van der Waals surface area contributed by atoms with Crippen LogP contribution in [0.4, 0.5) is 5.69 Å². The molecule has 2 aromatic rings.